The van der Waals surface area contributed by atoms with Crippen molar-refractivity contribution in [2.75, 3.05) is 20.3 Å². The van der Waals surface area contributed by atoms with E-state index < -0.39 is 11.9 Å². The quantitative estimate of drug-likeness (QED) is 0.345. The number of hydrogen-bond acceptors (Lipinski definition) is 4. The topological polar surface area (TPSA) is 52.6 Å². The molecule has 0 rings (SSSR count). The Bertz CT molecular complexity index is 197. The van der Waals surface area contributed by atoms with Gasteiger partial charge in [-0.2, -0.15) is 0 Å². The molecule has 0 aromatic rings. The first-order valence-corrected chi connectivity index (χ1v) is 5.85. The van der Waals surface area contributed by atoms with Crippen molar-refractivity contribution >= 4 is 11.8 Å². The Kier molecular flexibility index (Phi) is 8.81. The molecule has 0 spiro atoms. The number of esters is 1. The molecule has 0 aliphatic carbocycles. The normalized spacial score (nSPS) is 12.2. The summed E-state index contributed by atoms with van der Waals surface area (Å²) in [5.41, 5.74) is 0. The molecule has 94 valence electrons. The van der Waals surface area contributed by atoms with Crippen molar-refractivity contribution in [3.05, 3.63) is 0 Å². The molecule has 16 heavy (non-hydrogen) atoms. The van der Waals surface area contributed by atoms with E-state index in [1.54, 1.807) is 6.92 Å². The molecule has 1 unspecified atom stereocenters. The second-order valence-electron chi connectivity index (χ2n) is 3.65. The van der Waals surface area contributed by atoms with Crippen LogP contribution < -0.4 is 0 Å². The van der Waals surface area contributed by atoms with Crippen LogP contribution in [0.4, 0.5) is 0 Å². The highest BCUT2D eigenvalue weighted by atomic mass is 16.5. The summed E-state index contributed by atoms with van der Waals surface area (Å²) < 4.78 is 9.93. The van der Waals surface area contributed by atoms with Crippen molar-refractivity contribution < 1.29 is 19.1 Å². The van der Waals surface area contributed by atoms with E-state index in [1.807, 2.05) is 0 Å². The molecule has 4 nitrogen and oxygen atoms in total. The lowest BCUT2D eigenvalue weighted by molar-refractivity contribution is -0.150. The number of hydrogen-bond donors (Lipinski definition) is 0. The van der Waals surface area contributed by atoms with Gasteiger partial charge in [0.1, 0.15) is 11.7 Å². The minimum absolute atomic E-state index is 0.0778. The van der Waals surface area contributed by atoms with Crippen LogP contribution in [0.25, 0.3) is 0 Å². The number of carbonyl (C=O) groups excluding carboxylic acids is 2. The second kappa shape index (κ2) is 9.33. The van der Waals surface area contributed by atoms with Crippen molar-refractivity contribution in [1.29, 1.82) is 0 Å². The van der Waals surface area contributed by atoms with Crippen molar-refractivity contribution in [1.82, 2.24) is 0 Å². The maximum Gasteiger partial charge on any atom is 0.316 e. The van der Waals surface area contributed by atoms with E-state index in [0.717, 1.165) is 12.8 Å². The van der Waals surface area contributed by atoms with Gasteiger partial charge in [-0.25, -0.2) is 0 Å². The molecule has 0 aliphatic heterocycles. The maximum absolute atomic E-state index is 11.5. The van der Waals surface area contributed by atoms with Crippen LogP contribution in [-0.4, -0.2) is 32.1 Å². The molecular weight excluding hydrogens is 208 g/mol. The first kappa shape index (κ1) is 15.1. The van der Waals surface area contributed by atoms with Crippen LogP contribution in [0.3, 0.4) is 0 Å². The number of ketones is 1. The first-order chi connectivity index (χ1) is 7.67. The predicted octanol–water partition coefficient (Wildman–Crippen LogP) is 1.96. The van der Waals surface area contributed by atoms with Crippen molar-refractivity contribution in [3.63, 3.8) is 0 Å². The van der Waals surface area contributed by atoms with Gasteiger partial charge in [0.15, 0.2) is 0 Å². The third-order valence-corrected chi connectivity index (χ3v) is 2.42. The fourth-order valence-electron chi connectivity index (χ4n) is 1.35. The van der Waals surface area contributed by atoms with E-state index in [-0.39, 0.29) is 5.78 Å². The molecular formula is C12H22O4. The summed E-state index contributed by atoms with van der Waals surface area (Å²) in [7, 11) is 1.30. The molecule has 0 aromatic heterocycles. The van der Waals surface area contributed by atoms with E-state index in [1.165, 1.54) is 7.11 Å². The first-order valence-electron chi connectivity index (χ1n) is 5.85. The highest BCUT2D eigenvalue weighted by molar-refractivity contribution is 5.98. The Labute approximate surface area is 97.3 Å². The van der Waals surface area contributed by atoms with Crippen LogP contribution in [-0.2, 0) is 19.1 Å². The molecule has 0 bridgehead atoms. The zero-order valence-corrected chi connectivity index (χ0v) is 10.5. The third kappa shape index (κ3) is 5.85. The number of Topliss-reactive ketones (excluding diaryl/α,β-unsaturated/α-hetero) is 1. The summed E-state index contributed by atoms with van der Waals surface area (Å²) >= 11 is 0. The standard InChI is InChI=1S/C12H22O4/c1-4-6-8-16-9-7-10(11(13)5-2)12(14)15-3/h10H,4-9H2,1-3H3. The van der Waals surface area contributed by atoms with Gasteiger partial charge in [0.05, 0.1) is 7.11 Å². The van der Waals surface area contributed by atoms with Crippen molar-refractivity contribution in [2.45, 2.75) is 39.5 Å². The molecule has 4 heteroatoms. The second-order valence-corrected chi connectivity index (χ2v) is 3.65. The van der Waals surface area contributed by atoms with Gasteiger partial charge in [-0.3, -0.25) is 9.59 Å². The van der Waals surface area contributed by atoms with Gasteiger partial charge in [-0.05, 0) is 12.8 Å². The van der Waals surface area contributed by atoms with Gasteiger partial charge in [0, 0.05) is 19.6 Å². The molecule has 0 aromatic carbocycles. The summed E-state index contributed by atoms with van der Waals surface area (Å²) in [6.07, 6.45) is 2.86. The average Bonchev–Trinajstić information content (AvgIpc) is 2.32. The Morgan fingerprint density at radius 3 is 2.38 bits per heavy atom. The van der Waals surface area contributed by atoms with E-state index in [0.29, 0.717) is 26.1 Å². The van der Waals surface area contributed by atoms with Crippen LogP contribution in [0.5, 0.6) is 0 Å². The molecule has 1 atom stereocenters. The Morgan fingerprint density at radius 2 is 1.88 bits per heavy atom. The lowest BCUT2D eigenvalue weighted by Gasteiger charge is -2.12. The van der Waals surface area contributed by atoms with E-state index >= 15 is 0 Å². The van der Waals surface area contributed by atoms with Crippen LogP contribution >= 0.6 is 0 Å². The summed E-state index contributed by atoms with van der Waals surface area (Å²) in [4.78, 5) is 22.8. The van der Waals surface area contributed by atoms with Crippen LogP contribution in [0.2, 0.25) is 0 Å². The maximum atomic E-state index is 11.5. The number of rotatable bonds is 9. The molecule has 0 saturated carbocycles. The number of methoxy groups -OCH3 is 1. The molecule has 0 amide bonds. The zero-order chi connectivity index (χ0) is 12.4. The van der Waals surface area contributed by atoms with Crippen LogP contribution in [0.1, 0.15) is 39.5 Å². The van der Waals surface area contributed by atoms with E-state index in [2.05, 4.69) is 11.7 Å². The van der Waals surface area contributed by atoms with Crippen molar-refractivity contribution in [3.8, 4) is 0 Å². The van der Waals surface area contributed by atoms with Crippen LogP contribution in [0, 0.1) is 5.92 Å². The Morgan fingerprint density at radius 1 is 1.19 bits per heavy atom. The number of unbranched alkanes of at least 4 members (excludes halogenated alkanes) is 1. The SMILES string of the molecule is CCCCOCCC(C(=O)CC)C(=O)OC. The summed E-state index contributed by atoms with van der Waals surface area (Å²) in [5, 5.41) is 0. The largest absolute Gasteiger partial charge is 0.468 e. The molecule has 0 heterocycles. The smallest absolute Gasteiger partial charge is 0.316 e. The Hall–Kier alpha value is -0.900. The highest BCUT2D eigenvalue weighted by Gasteiger charge is 2.25. The molecule has 0 fully saturated rings. The Balaban J connectivity index is 3.93. The van der Waals surface area contributed by atoms with E-state index in [4.69, 9.17) is 4.74 Å². The molecule has 0 saturated heterocycles. The lowest BCUT2D eigenvalue weighted by atomic mass is 9.99. The third-order valence-electron chi connectivity index (χ3n) is 2.42. The van der Waals surface area contributed by atoms with Gasteiger partial charge in [-0.1, -0.05) is 20.3 Å². The predicted molar refractivity (Wildman–Crippen MR) is 61.1 cm³/mol. The summed E-state index contributed by atoms with van der Waals surface area (Å²) in [5.74, 6) is -1.19. The van der Waals surface area contributed by atoms with Gasteiger partial charge in [0.25, 0.3) is 0 Å². The fourth-order valence-corrected chi connectivity index (χ4v) is 1.35. The van der Waals surface area contributed by atoms with Gasteiger partial charge in [-0.15, -0.1) is 0 Å². The summed E-state index contributed by atoms with van der Waals surface area (Å²) in [6, 6.07) is 0. The molecule has 0 radical (unpaired) electrons. The van der Waals surface area contributed by atoms with Gasteiger partial charge >= 0.3 is 5.97 Å². The van der Waals surface area contributed by atoms with Gasteiger partial charge < -0.3 is 9.47 Å². The minimum Gasteiger partial charge on any atom is -0.468 e. The molecule has 0 aliphatic rings. The summed E-state index contributed by atoms with van der Waals surface area (Å²) in [6.45, 7) is 4.95. The highest BCUT2D eigenvalue weighted by Crippen LogP contribution is 2.10. The zero-order valence-electron chi connectivity index (χ0n) is 10.5. The van der Waals surface area contributed by atoms with E-state index in [9.17, 15) is 9.59 Å². The van der Waals surface area contributed by atoms with Crippen molar-refractivity contribution in [2.24, 2.45) is 5.92 Å². The number of carbonyl (C=O) groups is 2. The fraction of sp³-hybridized carbons (Fsp3) is 0.833. The number of ether oxygens (including phenoxy) is 2. The van der Waals surface area contributed by atoms with Crippen LogP contribution in [0.15, 0.2) is 0 Å². The lowest BCUT2D eigenvalue weighted by Crippen LogP contribution is -2.26. The molecule has 0 N–H and O–H groups in total. The average molecular weight is 230 g/mol. The monoisotopic (exact) mass is 230 g/mol. The van der Waals surface area contributed by atoms with Gasteiger partial charge in [0.2, 0.25) is 0 Å². The minimum atomic E-state index is -0.656.